The number of nitrogens with zero attached hydrogens (tertiary/aromatic N) is 3. The number of Topliss-reactive ketones (excluding diaryl/α,β-unsaturated/α-hetero) is 1. The van der Waals surface area contributed by atoms with Gasteiger partial charge < -0.3 is 21.1 Å². The molecular weight excluding hydrogens is 382 g/mol. The third-order valence-electron chi connectivity index (χ3n) is 6.65. The fraction of sp³-hybridized carbons (Fsp3) is 0.636. The number of hydrogen-bond donors (Lipinski definition) is 3. The van der Waals surface area contributed by atoms with Crippen LogP contribution in [0.4, 0.5) is 11.8 Å². The first-order valence-corrected chi connectivity index (χ1v) is 10.8. The predicted molar refractivity (Wildman–Crippen MR) is 114 cm³/mol. The first-order chi connectivity index (χ1) is 14.1. The van der Waals surface area contributed by atoms with Gasteiger partial charge in [-0.25, -0.2) is 4.98 Å². The van der Waals surface area contributed by atoms with Crippen molar-refractivity contribution in [3.63, 3.8) is 0 Å². The van der Waals surface area contributed by atoms with E-state index in [1.54, 1.807) is 0 Å². The van der Waals surface area contributed by atoms with E-state index in [0.717, 1.165) is 37.7 Å². The van der Waals surface area contributed by atoms with Crippen molar-refractivity contribution in [1.29, 1.82) is 0 Å². The summed E-state index contributed by atoms with van der Waals surface area (Å²) in [4.78, 5) is 35.8. The zero-order valence-electron chi connectivity index (χ0n) is 17.9. The van der Waals surface area contributed by atoms with Crippen molar-refractivity contribution in [2.45, 2.75) is 77.5 Å². The van der Waals surface area contributed by atoms with E-state index in [1.807, 2.05) is 18.0 Å². The second-order valence-electron chi connectivity index (χ2n) is 9.78. The summed E-state index contributed by atoms with van der Waals surface area (Å²) in [5.74, 6) is 0.439. The summed E-state index contributed by atoms with van der Waals surface area (Å²) in [7, 11) is 0. The zero-order valence-corrected chi connectivity index (χ0v) is 17.9. The Morgan fingerprint density at radius 3 is 2.67 bits per heavy atom. The molecular formula is C22H31N5O3. The third-order valence-corrected chi connectivity index (χ3v) is 6.65. The third kappa shape index (κ3) is 3.93. The van der Waals surface area contributed by atoms with Crippen molar-refractivity contribution in [2.75, 3.05) is 10.2 Å². The van der Waals surface area contributed by atoms with Crippen LogP contribution in [-0.4, -0.2) is 45.0 Å². The number of hydrogen-bond acceptors (Lipinski definition) is 7. The number of anilines is 2. The zero-order chi connectivity index (χ0) is 21.6. The average molecular weight is 414 g/mol. The molecule has 1 aromatic rings. The second-order valence-corrected chi connectivity index (χ2v) is 9.78. The van der Waals surface area contributed by atoms with E-state index < -0.39 is 5.91 Å². The monoisotopic (exact) mass is 413 g/mol. The highest BCUT2D eigenvalue weighted by molar-refractivity contribution is 5.97. The van der Waals surface area contributed by atoms with Gasteiger partial charge in [0.1, 0.15) is 11.6 Å². The lowest BCUT2D eigenvalue weighted by Gasteiger charge is -2.40. The highest BCUT2D eigenvalue weighted by Crippen LogP contribution is 2.45. The fourth-order valence-corrected chi connectivity index (χ4v) is 5.17. The molecule has 3 aliphatic rings. The Morgan fingerprint density at radius 2 is 2.00 bits per heavy atom. The number of amides is 1. The van der Waals surface area contributed by atoms with Crippen LogP contribution in [0.15, 0.2) is 18.0 Å². The number of aliphatic hydroxyl groups is 1. The Bertz CT molecular complexity index is 889. The largest absolute Gasteiger partial charge is 0.393 e. The second kappa shape index (κ2) is 7.65. The number of carbonyl (C=O) groups is 2. The molecule has 1 aliphatic heterocycles. The molecule has 0 bridgehead atoms. The lowest BCUT2D eigenvalue weighted by Crippen LogP contribution is -2.45. The highest BCUT2D eigenvalue weighted by atomic mass is 16.3. The van der Waals surface area contributed by atoms with Gasteiger partial charge in [0, 0.05) is 24.9 Å². The quantitative estimate of drug-likeness (QED) is 0.693. The van der Waals surface area contributed by atoms with E-state index in [9.17, 15) is 14.7 Å². The van der Waals surface area contributed by atoms with Gasteiger partial charge >= 0.3 is 0 Å². The smallest absolute Gasteiger partial charge is 0.254 e. The highest BCUT2D eigenvalue weighted by Gasteiger charge is 2.47. The molecule has 2 saturated carbocycles. The van der Waals surface area contributed by atoms with E-state index in [2.05, 4.69) is 29.1 Å². The summed E-state index contributed by atoms with van der Waals surface area (Å²) in [6, 6.07) is 0.103. The number of carbonyl (C=O) groups excluding carboxylic acids is 2. The minimum atomic E-state index is -0.583. The Kier molecular flexibility index (Phi) is 5.30. The standard InChI is InChI=1S/C22H31N5O3/c1-12-11-27(16-8-22(2,3)9-17(29)18(12)16)21-24-10-15(19(23)30)20(26-21)25-13-4-6-14(28)7-5-13/h10-11,13-14,16,18,28H,4-9H2,1-3H3,(H2,23,30)(H,24,25,26). The SMILES string of the molecule is CC1=CN(c2ncc(C(N)=O)c(NC3CCC(O)CC3)n2)C2CC(C)(C)CC(=O)C12. The Morgan fingerprint density at radius 1 is 1.30 bits per heavy atom. The van der Waals surface area contributed by atoms with Gasteiger partial charge in [0.25, 0.3) is 5.91 Å². The summed E-state index contributed by atoms with van der Waals surface area (Å²) in [5.41, 5.74) is 6.76. The van der Waals surface area contributed by atoms with Gasteiger partial charge in [0.2, 0.25) is 5.95 Å². The van der Waals surface area contributed by atoms with Gasteiger partial charge in [-0.2, -0.15) is 4.98 Å². The molecule has 2 fully saturated rings. The van der Waals surface area contributed by atoms with Gasteiger partial charge in [0.15, 0.2) is 0 Å². The molecule has 2 aliphatic carbocycles. The number of ketones is 1. The van der Waals surface area contributed by atoms with Crippen LogP contribution < -0.4 is 16.0 Å². The van der Waals surface area contributed by atoms with E-state index in [0.29, 0.717) is 18.2 Å². The molecule has 4 N–H and O–H groups in total. The first kappa shape index (κ1) is 20.8. The molecule has 2 unspecified atom stereocenters. The van der Waals surface area contributed by atoms with Gasteiger partial charge in [-0.1, -0.05) is 13.8 Å². The van der Waals surface area contributed by atoms with Crippen molar-refractivity contribution in [2.24, 2.45) is 17.1 Å². The maximum atomic E-state index is 12.8. The van der Waals surface area contributed by atoms with Crippen molar-refractivity contribution in [3.05, 3.63) is 23.5 Å². The molecule has 4 rings (SSSR count). The Balaban J connectivity index is 1.64. The number of fused-ring (bicyclic) bond motifs is 1. The number of rotatable bonds is 4. The van der Waals surface area contributed by atoms with Crippen LogP contribution in [0.5, 0.6) is 0 Å². The Hall–Kier alpha value is -2.48. The van der Waals surface area contributed by atoms with E-state index in [1.165, 1.54) is 6.20 Å². The van der Waals surface area contributed by atoms with Crippen LogP contribution in [0, 0.1) is 11.3 Å². The predicted octanol–water partition coefficient (Wildman–Crippen LogP) is 2.39. The molecule has 8 heteroatoms. The van der Waals surface area contributed by atoms with Crippen molar-refractivity contribution in [3.8, 4) is 0 Å². The maximum Gasteiger partial charge on any atom is 0.254 e. The molecule has 30 heavy (non-hydrogen) atoms. The van der Waals surface area contributed by atoms with Gasteiger partial charge in [-0.05, 0) is 50.0 Å². The number of nitrogens with one attached hydrogen (secondary N) is 1. The number of aliphatic hydroxyl groups excluding tert-OH is 1. The molecule has 1 aromatic heterocycles. The topological polar surface area (TPSA) is 121 Å². The van der Waals surface area contributed by atoms with Crippen molar-refractivity contribution in [1.82, 2.24) is 9.97 Å². The maximum absolute atomic E-state index is 12.8. The van der Waals surface area contributed by atoms with Gasteiger partial charge in [0.05, 0.1) is 23.6 Å². The van der Waals surface area contributed by atoms with Crippen LogP contribution in [-0.2, 0) is 4.79 Å². The summed E-state index contributed by atoms with van der Waals surface area (Å²) in [6.45, 7) is 6.22. The van der Waals surface area contributed by atoms with Crippen molar-refractivity contribution < 1.29 is 14.7 Å². The lowest BCUT2D eigenvalue weighted by atomic mass is 9.68. The molecule has 8 nitrogen and oxygen atoms in total. The average Bonchev–Trinajstić information content (AvgIpc) is 2.98. The number of nitrogens with two attached hydrogens (primary N) is 1. The molecule has 0 aromatic carbocycles. The normalized spacial score (nSPS) is 30.6. The van der Waals surface area contributed by atoms with Crippen LogP contribution in [0.1, 0.15) is 69.7 Å². The van der Waals surface area contributed by atoms with Gasteiger partial charge in [-0.15, -0.1) is 0 Å². The summed E-state index contributed by atoms with van der Waals surface area (Å²) in [5, 5.41) is 13.1. The summed E-state index contributed by atoms with van der Waals surface area (Å²) >= 11 is 0. The Labute approximate surface area is 176 Å². The molecule has 1 amide bonds. The van der Waals surface area contributed by atoms with Crippen LogP contribution in [0.25, 0.3) is 0 Å². The molecule has 0 saturated heterocycles. The molecule has 0 spiro atoms. The summed E-state index contributed by atoms with van der Waals surface area (Å²) < 4.78 is 0. The van der Waals surface area contributed by atoms with E-state index in [4.69, 9.17) is 5.73 Å². The van der Waals surface area contributed by atoms with Crippen LogP contribution in [0.2, 0.25) is 0 Å². The lowest BCUT2D eigenvalue weighted by molar-refractivity contribution is -0.126. The molecule has 0 radical (unpaired) electrons. The first-order valence-electron chi connectivity index (χ1n) is 10.8. The minimum Gasteiger partial charge on any atom is -0.393 e. The van der Waals surface area contributed by atoms with E-state index >= 15 is 0 Å². The van der Waals surface area contributed by atoms with Crippen LogP contribution >= 0.6 is 0 Å². The number of primary amides is 1. The number of aromatic nitrogens is 2. The fourth-order valence-electron chi connectivity index (χ4n) is 5.17. The minimum absolute atomic E-state index is 0.0154. The molecule has 2 atom stereocenters. The summed E-state index contributed by atoms with van der Waals surface area (Å²) in [6.07, 6.45) is 7.65. The van der Waals surface area contributed by atoms with Crippen LogP contribution in [0.3, 0.4) is 0 Å². The van der Waals surface area contributed by atoms with E-state index in [-0.39, 0.29) is 40.9 Å². The van der Waals surface area contributed by atoms with Gasteiger partial charge in [-0.3, -0.25) is 9.59 Å². The molecule has 162 valence electrons. The van der Waals surface area contributed by atoms with Crippen molar-refractivity contribution >= 4 is 23.5 Å². The molecule has 2 heterocycles.